The van der Waals surface area contributed by atoms with Gasteiger partial charge >= 0.3 is 5.97 Å². The molecular formula is C46H53N5O5. The van der Waals surface area contributed by atoms with Crippen LogP contribution < -0.4 is 5.32 Å². The number of likely N-dealkylation sites (tertiary alicyclic amines) is 2. The van der Waals surface area contributed by atoms with Gasteiger partial charge in [-0.2, -0.15) is 0 Å². The summed E-state index contributed by atoms with van der Waals surface area (Å²) in [5.41, 5.74) is 11.0. The number of methoxy groups -OCH3 is 1. The normalized spacial score (nSPS) is 19.7. The maximum absolute atomic E-state index is 13.8. The van der Waals surface area contributed by atoms with Crippen molar-refractivity contribution in [2.75, 3.05) is 32.1 Å². The Bertz CT molecular complexity index is 2170. The van der Waals surface area contributed by atoms with Crippen LogP contribution in [0.4, 0.5) is 5.69 Å². The second kappa shape index (κ2) is 15.6. The first-order valence-electron chi connectivity index (χ1n) is 20.2. The van der Waals surface area contributed by atoms with Gasteiger partial charge in [0, 0.05) is 57.8 Å². The minimum atomic E-state index is -0.767. The number of nitrogens with one attached hydrogen (secondary N) is 1. The summed E-state index contributed by atoms with van der Waals surface area (Å²) in [5.74, 6) is -0.160. The van der Waals surface area contributed by atoms with Crippen LogP contribution in [0.5, 0.6) is 0 Å². The molecule has 4 heterocycles. The number of carboxylic acid groups (broad SMARTS) is 1. The fourth-order valence-electron chi connectivity index (χ4n) is 8.83. The van der Waals surface area contributed by atoms with Crippen molar-refractivity contribution in [3.05, 3.63) is 111 Å². The number of rotatable bonds is 14. The third-order valence-electron chi connectivity index (χ3n) is 12.5. The fraction of sp³-hybridized carbons (Fsp3) is 0.457. The molecule has 0 bridgehead atoms. The minimum absolute atomic E-state index is 0.0415. The zero-order chi connectivity index (χ0) is 39.1. The lowest BCUT2D eigenvalue weighted by atomic mass is 9.90. The van der Waals surface area contributed by atoms with Crippen molar-refractivity contribution in [1.29, 1.82) is 0 Å². The van der Waals surface area contributed by atoms with Gasteiger partial charge in [0.1, 0.15) is 17.4 Å². The number of ketones is 1. The average Bonchev–Trinajstić information content (AvgIpc) is 4.11. The molecule has 2 aliphatic heterocycles. The molecule has 8 rings (SSSR count). The zero-order valence-electron chi connectivity index (χ0n) is 33.1. The highest BCUT2D eigenvalue weighted by Gasteiger charge is 2.39. The number of carbonyl (C=O) groups is 3. The van der Waals surface area contributed by atoms with Crippen LogP contribution in [0.25, 0.3) is 11.1 Å². The molecule has 2 aromatic heterocycles. The van der Waals surface area contributed by atoms with Crippen LogP contribution in [-0.2, 0) is 29.0 Å². The number of hydrogen-bond acceptors (Lipinski definition) is 8. The maximum atomic E-state index is 13.8. The van der Waals surface area contributed by atoms with Gasteiger partial charge in [0.25, 0.3) is 5.91 Å². The molecule has 2 aliphatic carbocycles. The molecule has 1 amide bonds. The summed E-state index contributed by atoms with van der Waals surface area (Å²) in [6.07, 6.45) is 10.9. The molecule has 4 fully saturated rings. The predicted molar refractivity (Wildman–Crippen MR) is 216 cm³/mol. The van der Waals surface area contributed by atoms with Crippen molar-refractivity contribution >= 4 is 23.3 Å². The van der Waals surface area contributed by atoms with E-state index in [2.05, 4.69) is 44.1 Å². The van der Waals surface area contributed by atoms with E-state index in [4.69, 9.17) is 4.74 Å². The van der Waals surface area contributed by atoms with Gasteiger partial charge in [-0.15, -0.1) is 0 Å². The lowest BCUT2D eigenvalue weighted by molar-refractivity contribution is -0.144. The zero-order valence-corrected chi connectivity index (χ0v) is 33.1. The molecule has 0 radical (unpaired) electrons. The second-order valence-electron chi connectivity index (χ2n) is 16.8. The topological polar surface area (TPSA) is 125 Å². The average molecular weight is 756 g/mol. The number of aromatic nitrogens is 2. The van der Waals surface area contributed by atoms with Gasteiger partial charge in [-0.25, -0.2) is 0 Å². The summed E-state index contributed by atoms with van der Waals surface area (Å²) < 4.78 is 5.63. The molecule has 10 nitrogen and oxygen atoms in total. The van der Waals surface area contributed by atoms with Crippen molar-refractivity contribution < 1.29 is 24.2 Å². The van der Waals surface area contributed by atoms with Crippen LogP contribution in [0.1, 0.15) is 124 Å². The highest BCUT2D eigenvalue weighted by Crippen LogP contribution is 2.44. The van der Waals surface area contributed by atoms with Crippen molar-refractivity contribution in [3.63, 3.8) is 0 Å². The summed E-state index contributed by atoms with van der Waals surface area (Å²) in [7, 11) is 1.77. The summed E-state index contributed by atoms with van der Waals surface area (Å²) in [4.78, 5) is 53.1. The number of piperidine rings is 1. The first kappa shape index (κ1) is 38.1. The van der Waals surface area contributed by atoms with Gasteiger partial charge < -0.3 is 15.2 Å². The van der Waals surface area contributed by atoms with Gasteiger partial charge in [-0.05, 0) is 146 Å². The van der Waals surface area contributed by atoms with Crippen LogP contribution in [0.3, 0.4) is 0 Å². The smallest absolute Gasteiger partial charge is 0.320 e. The van der Waals surface area contributed by atoms with Crippen LogP contribution in [-0.4, -0.2) is 80.9 Å². The Kier molecular flexibility index (Phi) is 10.6. The number of hydrogen-bond donors (Lipinski definition) is 2. The molecule has 56 heavy (non-hydrogen) atoms. The first-order valence-corrected chi connectivity index (χ1v) is 20.2. The lowest BCUT2D eigenvalue weighted by Gasteiger charge is -2.47. The molecule has 4 aliphatic rings. The summed E-state index contributed by atoms with van der Waals surface area (Å²) in [6.45, 7) is 10.1. The van der Waals surface area contributed by atoms with E-state index >= 15 is 0 Å². The monoisotopic (exact) mass is 755 g/mol. The molecule has 2 saturated heterocycles. The van der Waals surface area contributed by atoms with Crippen LogP contribution in [0.2, 0.25) is 0 Å². The number of pyridine rings is 2. The highest BCUT2D eigenvalue weighted by molar-refractivity contribution is 6.04. The van der Waals surface area contributed by atoms with Gasteiger partial charge in [-0.1, -0.05) is 36.8 Å². The van der Waals surface area contributed by atoms with Crippen molar-refractivity contribution in [2.45, 2.75) is 109 Å². The minimum Gasteiger partial charge on any atom is -0.480 e. The molecule has 1 atom stereocenters. The quantitative estimate of drug-likeness (QED) is 0.124. The molecule has 2 saturated carbocycles. The summed E-state index contributed by atoms with van der Waals surface area (Å²) in [6, 6.07) is 15.5. The number of Topliss-reactive ketones (excluding diaryl/α,β-unsaturated/α-hetero) is 1. The highest BCUT2D eigenvalue weighted by atomic mass is 16.5. The number of ether oxygens (including phenoxy) is 1. The van der Waals surface area contributed by atoms with E-state index < -0.39 is 12.0 Å². The Labute approximate surface area is 329 Å². The molecule has 2 N–H and O–H groups in total. The molecular weight excluding hydrogens is 703 g/mol. The largest absolute Gasteiger partial charge is 0.480 e. The molecule has 292 valence electrons. The van der Waals surface area contributed by atoms with Crippen LogP contribution >= 0.6 is 0 Å². The third-order valence-corrected chi connectivity index (χ3v) is 12.5. The number of carboxylic acids is 1. The molecule has 10 heteroatoms. The number of anilines is 1. The Morgan fingerprint density at radius 2 is 1.45 bits per heavy atom. The number of nitrogens with zero attached hydrogens (tertiary/aromatic N) is 4. The van der Waals surface area contributed by atoms with Gasteiger partial charge in [-0.3, -0.25) is 34.2 Å². The van der Waals surface area contributed by atoms with E-state index in [1.807, 2.05) is 62.6 Å². The van der Waals surface area contributed by atoms with Gasteiger partial charge in [0.15, 0.2) is 5.78 Å². The molecule has 2 aromatic carbocycles. The predicted octanol–water partition coefficient (Wildman–Crippen LogP) is 7.85. The van der Waals surface area contributed by atoms with Crippen LogP contribution in [0, 0.1) is 13.8 Å². The Morgan fingerprint density at radius 3 is 2.11 bits per heavy atom. The van der Waals surface area contributed by atoms with Crippen molar-refractivity contribution in [3.8, 4) is 11.1 Å². The Balaban J connectivity index is 0.969. The number of carbonyl (C=O) groups excluding carboxylic acids is 2. The Morgan fingerprint density at radius 1 is 0.821 bits per heavy atom. The number of benzene rings is 2. The van der Waals surface area contributed by atoms with Crippen molar-refractivity contribution in [1.82, 2.24) is 19.8 Å². The van der Waals surface area contributed by atoms with Gasteiger partial charge in [0.05, 0.1) is 5.60 Å². The lowest BCUT2D eigenvalue weighted by Crippen LogP contribution is -2.60. The van der Waals surface area contributed by atoms with E-state index in [1.165, 1.54) is 11.1 Å². The van der Waals surface area contributed by atoms with E-state index in [0.717, 1.165) is 109 Å². The van der Waals surface area contributed by atoms with E-state index in [0.29, 0.717) is 36.2 Å². The fourth-order valence-corrected chi connectivity index (χ4v) is 8.83. The van der Waals surface area contributed by atoms with E-state index in [1.54, 1.807) is 7.11 Å². The van der Waals surface area contributed by atoms with E-state index in [-0.39, 0.29) is 23.7 Å². The first-order chi connectivity index (χ1) is 27.0. The van der Waals surface area contributed by atoms with Gasteiger partial charge in [0.2, 0.25) is 0 Å². The Hall–Kier alpha value is -4.77. The maximum Gasteiger partial charge on any atom is 0.320 e. The summed E-state index contributed by atoms with van der Waals surface area (Å²) >= 11 is 0. The SMILES string of the molecule is COC1(C)CN(Cc2cnc(C(=O)Nc3cccc(-c4cccc(CC(=O)c5cc(C6CC6)c(CN6CCCC[C@H]6C(=O)O)cn5)c4C)c3C)cc2C2CC2)C1. The molecule has 4 aromatic rings. The standard InChI is InChI=1S/C46H53N5O5/c1-28-32(19-43(52)40-20-37(30-14-15-30)34(23-47-40)25-51-18-6-5-13-42(51)45(54)55)9-7-10-35(28)36-11-8-12-39(29(36)2)49-44(53)41-21-38(31-16-17-31)33(22-48-41)24-50-26-46(3,27-50)56-4/h7-12,20-23,30-31,42H,5-6,13-19,24-27H2,1-4H3,(H,49,53)(H,54,55)/t42-/m0/s1. The van der Waals surface area contributed by atoms with Crippen molar-refractivity contribution in [2.24, 2.45) is 0 Å². The van der Waals surface area contributed by atoms with E-state index in [9.17, 15) is 19.5 Å². The number of aliphatic carboxylic acids is 1. The number of amides is 1. The third kappa shape index (κ3) is 8.06. The van der Waals surface area contributed by atoms with Crippen LogP contribution in [0.15, 0.2) is 60.9 Å². The molecule has 0 spiro atoms. The molecule has 0 unspecified atom stereocenters. The summed E-state index contributed by atoms with van der Waals surface area (Å²) in [5, 5.41) is 13.0. The second-order valence-corrected chi connectivity index (χ2v) is 16.8.